The summed E-state index contributed by atoms with van der Waals surface area (Å²) in [5, 5.41) is 9.18. The number of carboxylic acids is 1. The molecule has 1 aliphatic rings. The Morgan fingerprint density at radius 1 is 1.50 bits per heavy atom. The van der Waals surface area contributed by atoms with Gasteiger partial charge in [-0.25, -0.2) is 0 Å². The van der Waals surface area contributed by atoms with E-state index in [4.69, 9.17) is 9.84 Å². The lowest BCUT2D eigenvalue weighted by molar-refractivity contribution is -0.141. The zero-order valence-corrected chi connectivity index (χ0v) is 11.7. The Hall–Kier alpha value is -1.16. The molecule has 18 heavy (non-hydrogen) atoms. The maximum absolute atomic E-state index is 11.1. The highest BCUT2D eigenvalue weighted by atomic mass is 32.2. The van der Waals surface area contributed by atoms with Crippen LogP contribution in [0.15, 0.2) is 18.2 Å². The highest BCUT2D eigenvalue weighted by Crippen LogP contribution is 2.50. The molecule has 0 aromatic heterocycles. The fourth-order valence-corrected chi connectivity index (χ4v) is 3.33. The van der Waals surface area contributed by atoms with Crippen molar-refractivity contribution in [1.82, 2.24) is 0 Å². The lowest BCUT2D eigenvalue weighted by atomic mass is 9.93. The molecule has 0 radical (unpaired) electrons. The Labute approximate surface area is 112 Å². The van der Waals surface area contributed by atoms with E-state index >= 15 is 0 Å². The molecule has 1 aromatic rings. The van der Waals surface area contributed by atoms with Gasteiger partial charge in [0.05, 0.1) is 13.0 Å². The topological polar surface area (TPSA) is 46.5 Å². The van der Waals surface area contributed by atoms with Crippen LogP contribution in [0, 0.1) is 5.92 Å². The van der Waals surface area contributed by atoms with Crippen LogP contribution in [-0.2, 0) is 4.79 Å². The second-order valence-electron chi connectivity index (χ2n) is 4.85. The molecule has 0 aliphatic carbocycles. The lowest BCUT2D eigenvalue weighted by Gasteiger charge is -2.34. The third-order valence-corrected chi connectivity index (χ3v) is 4.86. The van der Waals surface area contributed by atoms with Crippen LogP contribution in [-0.4, -0.2) is 23.9 Å². The Balaban J connectivity index is 2.35. The molecule has 1 heterocycles. The fraction of sp³-hybridized carbons (Fsp3) is 0.500. The number of carbonyl (C=O) groups is 1. The Bertz CT molecular complexity index is 456. The summed E-state index contributed by atoms with van der Waals surface area (Å²) >= 11 is 1.68. The summed E-state index contributed by atoms with van der Waals surface area (Å²) in [5.41, 5.74) is 2.25. The summed E-state index contributed by atoms with van der Waals surface area (Å²) < 4.78 is 5.36. The van der Waals surface area contributed by atoms with Gasteiger partial charge in [0.1, 0.15) is 5.75 Å². The quantitative estimate of drug-likeness (QED) is 0.908. The summed E-state index contributed by atoms with van der Waals surface area (Å²) in [4.78, 5) is 11.1. The van der Waals surface area contributed by atoms with Crippen LogP contribution >= 0.6 is 11.8 Å². The van der Waals surface area contributed by atoms with E-state index in [0.29, 0.717) is 11.7 Å². The van der Waals surface area contributed by atoms with Crippen molar-refractivity contribution in [2.75, 3.05) is 12.9 Å². The highest BCUT2D eigenvalue weighted by Gasteiger charge is 2.40. The van der Waals surface area contributed by atoms with E-state index in [-0.39, 0.29) is 11.2 Å². The Morgan fingerprint density at radius 3 is 2.67 bits per heavy atom. The van der Waals surface area contributed by atoms with E-state index < -0.39 is 5.97 Å². The molecule has 1 N–H and O–H groups in total. The first-order valence-electron chi connectivity index (χ1n) is 6.06. The number of methoxy groups -OCH3 is 1. The molecule has 1 aromatic carbocycles. The number of hydrogen-bond donors (Lipinski definition) is 1. The zero-order chi connectivity index (χ0) is 13.3. The first-order chi connectivity index (χ1) is 8.54. The van der Waals surface area contributed by atoms with Crippen LogP contribution in [0.25, 0.3) is 0 Å². The number of rotatable bonds is 4. The van der Waals surface area contributed by atoms with Gasteiger partial charge in [0.25, 0.3) is 0 Å². The number of benzene rings is 1. The van der Waals surface area contributed by atoms with E-state index in [1.54, 1.807) is 18.9 Å². The average Bonchev–Trinajstić information content (AvgIpc) is 2.26. The van der Waals surface area contributed by atoms with Gasteiger partial charge in [-0.15, -0.1) is 0 Å². The summed E-state index contributed by atoms with van der Waals surface area (Å²) in [6, 6.07) is 6.09. The normalized spacial score (nSPS) is 22.7. The lowest BCUT2D eigenvalue weighted by Crippen LogP contribution is -2.31. The van der Waals surface area contributed by atoms with Gasteiger partial charge in [0.15, 0.2) is 0 Å². The maximum Gasteiger partial charge on any atom is 0.308 e. The van der Waals surface area contributed by atoms with E-state index in [1.807, 2.05) is 12.1 Å². The maximum atomic E-state index is 11.1. The van der Waals surface area contributed by atoms with Gasteiger partial charge < -0.3 is 9.84 Å². The molecule has 1 aliphatic heterocycles. The molecule has 2 rings (SSSR count). The molecule has 3 nitrogen and oxygen atoms in total. The third kappa shape index (κ3) is 2.34. The van der Waals surface area contributed by atoms with Crippen molar-refractivity contribution in [3.63, 3.8) is 0 Å². The minimum atomic E-state index is -0.712. The average molecular weight is 266 g/mol. The van der Waals surface area contributed by atoms with Crippen LogP contribution in [0.5, 0.6) is 5.75 Å². The predicted molar refractivity (Wildman–Crippen MR) is 73.4 cm³/mol. The minimum absolute atomic E-state index is 0.0242. The predicted octanol–water partition coefficient (Wildman–Crippen LogP) is 3.31. The largest absolute Gasteiger partial charge is 0.496 e. The number of hydrogen-bond acceptors (Lipinski definition) is 3. The summed E-state index contributed by atoms with van der Waals surface area (Å²) in [5.74, 6) is 0.919. The van der Waals surface area contributed by atoms with Crippen LogP contribution in [0.3, 0.4) is 0 Å². The Kier molecular flexibility index (Phi) is 3.85. The van der Waals surface area contributed by atoms with Crippen molar-refractivity contribution < 1.29 is 14.6 Å². The minimum Gasteiger partial charge on any atom is -0.496 e. The van der Waals surface area contributed by atoms with Gasteiger partial charge in [-0.05, 0) is 17.5 Å². The van der Waals surface area contributed by atoms with E-state index in [9.17, 15) is 4.79 Å². The van der Waals surface area contributed by atoms with E-state index in [1.165, 1.54) is 5.56 Å². The second-order valence-corrected chi connectivity index (χ2v) is 6.03. The molecular formula is C14H18O3S. The smallest absolute Gasteiger partial charge is 0.308 e. The van der Waals surface area contributed by atoms with Crippen molar-refractivity contribution in [3.05, 3.63) is 29.3 Å². The van der Waals surface area contributed by atoms with Crippen molar-refractivity contribution in [3.8, 4) is 5.75 Å². The molecule has 0 spiro atoms. The van der Waals surface area contributed by atoms with Gasteiger partial charge in [-0.3, -0.25) is 4.79 Å². The highest BCUT2D eigenvalue weighted by molar-refractivity contribution is 8.01. The second kappa shape index (κ2) is 5.22. The van der Waals surface area contributed by atoms with Gasteiger partial charge >= 0.3 is 5.97 Å². The fourth-order valence-electron chi connectivity index (χ4n) is 2.13. The van der Waals surface area contributed by atoms with Crippen molar-refractivity contribution in [2.45, 2.75) is 25.0 Å². The Morgan fingerprint density at radius 2 is 2.22 bits per heavy atom. The first-order valence-corrected chi connectivity index (χ1v) is 7.11. The zero-order valence-electron chi connectivity index (χ0n) is 10.8. The number of ether oxygens (including phenoxy) is 1. The molecular weight excluding hydrogens is 248 g/mol. The molecule has 2 unspecified atom stereocenters. The summed E-state index contributed by atoms with van der Waals surface area (Å²) in [6.07, 6.45) is 0. The number of carboxylic acid groups (broad SMARTS) is 1. The molecule has 1 saturated heterocycles. The summed E-state index contributed by atoms with van der Waals surface area (Å²) in [7, 11) is 1.63. The number of thioether (sulfide) groups is 1. The molecule has 0 amide bonds. The van der Waals surface area contributed by atoms with Gasteiger partial charge in [-0.2, -0.15) is 11.8 Å². The molecule has 98 valence electrons. The third-order valence-electron chi connectivity index (χ3n) is 3.36. The van der Waals surface area contributed by atoms with Crippen LogP contribution in [0.1, 0.15) is 36.1 Å². The standard InChI is InChI=1S/C14H18O3S/c1-8(2)9-4-5-12(17-3)10(6-9)13-11(7-18-13)14(15)16/h4-6,8,11,13H,7H2,1-3H3,(H,15,16). The van der Waals surface area contributed by atoms with Gasteiger partial charge in [0, 0.05) is 16.6 Å². The van der Waals surface area contributed by atoms with Crippen molar-refractivity contribution in [1.29, 1.82) is 0 Å². The molecule has 0 bridgehead atoms. The van der Waals surface area contributed by atoms with Crippen molar-refractivity contribution >= 4 is 17.7 Å². The SMILES string of the molecule is COc1ccc(C(C)C)cc1C1SCC1C(=O)O. The van der Waals surface area contributed by atoms with Gasteiger partial charge in [0.2, 0.25) is 0 Å². The number of aliphatic carboxylic acids is 1. The first kappa shape index (κ1) is 13.3. The molecule has 0 saturated carbocycles. The van der Waals surface area contributed by atoms with Gasteiger partial charge in [-0.1, -0.05) is 26.0 Å². The van der Waals surface area contributed by atoms with Crippen molar-refractivity contribution in [2.24, 2.45) is 5.92 Å². The molecule has 2 atom stereocenters. The molecule has 1 fully saturated rings. The van der Waals surface area contributed by atoms with E-state index in [2.05, 4.69) is 19.9 Å². The summed E-state index contributed by atoms with van der Waals surface area (Å²) in [6.45, 7) is 4.27. The van der Waals surface area contributed by atoms with Crippen LogP contribution in [0.2, 0.25) is 0 Å². The monoisotopic (exact) mass is 266 g/mol. The van der Waals surface area contributed by atoms with Crippen LogP contribution < -0.4 is 4.74 Å². The van der Waals surface area contributed by atoms with E-state index in [0.717, 1.165) is 11.3 Å². The van der Waals surface area contributed by atoms with Crippen LogP contribution in [0.4, 0.5) is 0 Å². The molecule has 4 heteroatoms.